The molecule has 2 N–H and O–H groups in total. The molecule has 0 aliphatic carbocycles. The molecule has 4 nitrogen and oxygen atoms in total. The van der Waals surface area contributed by atoms with E-state index in [1.54, 1.807) is 0 Å². The van der Waals surface area contributed by atoms with E-state index in [1.807, 2.05) is 0 Å². The van der Waals surface area contributed by atoms with Crippen molar-refractivity contribution in [3.8, 4) is 5.75 Å². The Labute approximate surface area is 105 Å². The van der Waals surface area contributed by atoms with Crippen molar-refractivity contribution in [2.75, 3.05) is 7.11 Å². The Balaban J connectivity index is 2.88. The molecule has 0 heterocycles. The Kier molecular flexibility index (Phi) is 4.29. The summed E-state index contributed by atoms with van der Waals surface area (Å²) in [5, 5.41) is 18.9. The summed E-state index contributed by atoms with van der Waals surface area (Å²) >= 11 is 0. The Morgan fingerprint density at radius 1 is 1.50 bits per heavy atom. The minimum absolute atomic E-state index is 0.00804. The highest BCUT2D eigenvalue weighted by molar-refractivity contribution is 5.73. The predicted octanol–water partition coefficient (Wildman–Crippen LogP) is 2.37. The summed E-state index contributed by atoms with van der Waals surface area (Å²) < 4.78 is 18.2. The van der Waals surface area contributed by atoms with Crippen LogP contribution in [0.25, 0.3) is 0 Å². The fourth-order valence-electron chi connectivity index (χ4n) is 1.58. The number of rotatable bonds is 5. The van der Waals surface area contributed by atoms with Crippen LogP contribution in [0.3, 0.4) is 0 Å². The first-order valence-electron chi connectivity index (χ1n) is 5.53. The highest BCUT2D eigenvalue weighted by Crippen LogP contribution is 2.31. The molecule has 0 bridgehead atoms. The van der Waals surface area contributed by atoms with E-state index < -0.39 is 23.3 Å². The lowest BCUT2D eigenvalue weighted by Crippen LogP contribution is -2.26. The highest BCUT2D eigenvalue weighted by atomic mass is 19.1. The zero-order chi connectivity index (χ0) is 13.9. The summed E-state index contributed by atoms with van der Waals surface area (Å²) in [5.41, 5.74) is -0.738. The number of aliphatic hydroxyl groups is 1. The van der Waals surface area contributed by atoms with Crippen LogP contribution >= 0.6 is 0 Å². The van der Waals surface area contributed by atoms with E-state index in [9.17, 15) is 14.3 Å². The van der Waals surface area contributed by atoms with Gasteiger partial charge in [0.25, 0.3) is 0 Å². The van der Waals surface area contributed by atoms with E-state index in [4.69, 9.17) is 9.84 Å². The third-order valence-corrected chi connectivity index (χ3v) is 2.84. The van der Waals surface area contributed by atoms with Crippen LogP contribution in [0.15, 0.2) is 18.2 Å². The molecular weight excluding hydrogens is 239 g/mol. The summed E-state index contributed by atoms with van der Waals surface area (Å²) in [6, 6.07) is 4.08. The van der Waals surface area contributed by atoms with E-state index in [2.05, 4.69) is 0 Å². The second-order valence-corrected chi connectivity index (χ2v) is 4.80. The first-order valence-corrected chi connectivity index (χ1v) is 5.53. The Morgan fingerprint density at radius 3 is 2.56 bits per heavy atom. The van der Waals surface area contributed by atoms with Crippen molar-refractivity contribution in [3.63, 3.8) is 0 Å². The lowest BCUT2D eigenvalue weighted by atomic mass is 9.85. The van der Waals surface area contributed by atoms with Crippen molar-refractivity contribution < 1.29 is 24.1 Å². The molecule has 0 amide bonds. The van der Waals surface area contributed by atoms with Gasteiger partial charge < -0.3 is 14.9 Å². The summed E-state index contributed by atoms with van der Waals surface area (Å²) in [4.78, 5) is 11.0. The lowest BCUT2D eigenvalue weighted by Gasteiger charge is -2.23. The number of ether oxygens (including phenoxy) is 1. The van der Waals surface area contributed by atoms with E-state index in [-0.39, 0.29) is 12.2 Å². The number of hydrogen-bond acceptors (Lipinski definition) is 3. The Morgan fingerprint density at radius 2 is 2.11 bits per heavy atom. The van der Waals surface area contributed by atoms with Gasteiger partial charge in [0.2, 0.25) is 0 Å². The van der Waals surface area contributed by atoms with Gasteiger partial charge in [0.1, 0.15) is 0 Å². The molecular formula is C13H17FO4. The molecule has 0 spiro atoms. The van der Waals surface area contributed by atoms with Crippen LogP contribution < -0.4 is 4.74 Å². The second kappa shape index (κ2) is 5.35. The molecule has 1 unspecified atom stereocenters. The standard InChI is InChI=1S/C13H17FO4/c1-13(2,12(16)17)7-10(15)8-4-5-11(18-3)9(14)6-8/h4-6,10,15H,7H2,1-3H3,(H,16,17). The van der Waals surface area contributed by atoms with Gasteiger partial charge >= 0.3 is 5.97 Å². The van der Waals surface area contributed by atoms with Crippen molar-refractivity contribution in [3.05, 3.63) is 29.6 Å². The highest BCUT2D eigenvalue weighted by Gasteiger charge is 2.30. The molecule has 0 saturated heterocycles. The van der Waals surface area contributed by atoms with Crippen molar-refractivity contribution in [2.24, 2.45) is 5.41 Å². The van der Waals surface area contributed by atoms with Crippen molar-refractivity contribution in [1.29, 1.82) is 0 Å². The number of carbonyl (C=O) groups is 1. The number of carboxylic acids is 1. The van der Waals surface area contributed by atoms with Crippen molar-refractivity contribution in [2.45, 2.75) is 26.4 Å². The molecule has 0 radical (unpaired) electrons. The topological polar surface area (TPSA) is 66.8 Å². The molecule has 100 valence electrons. The molecule has 0 aliphatic heterocycles. The zero-order valence-corrected chi connectivity index (χ0v) is 10.6. The summed E-state index contributed by atoms with van der Waals surface area (Å²) in [5.74, 6) is -1.50. The first-order chi connectivity index (χ1) is 8.27. The zero-order valence-electron chi connectivity index (χ0n) is 10.6. The SMILES string of the molecule is COc1ccc(C(O)CC(C)(C)C(=O)O)cc1F. The number of aliphatic hydroxyl groups excluding tert-OH is 1. The van der Waals surface area contributed by atoms with Crippen LogP contribution in [-0.2, 0) is 4.79 Å². The van der Waals surface area contributed by atoms with E-state index in [1.165, 1.54) is 33.1 Å². The predicted molar refractivity (Wildman–Crippen MR) is 63.9 cm³/mol. The monoisotopic (exact) mass is 256 g/mol. The van der Waals surface area contributed by atoms with Crippen LogP contribution in [0, 0.1) is 11.2 Å². The van der Waals surface area contributed by atoms with Gasteiger partial charge in [-0.1, -0.05) is 6.07 Å². The largest absolute Gasteiger partial charge is 0.494 e. The minimum atomic E-state index is -1.07. The average Bonchev–Trinajstić information content (AvgIpc) is 2.28. The first kappa shape index (κ1) is 14.4. The molecule has 0 aromatic heterocycles. The van der Waals surface area contributed by atoms with Crippen molar-refractivity contribution >= 4 is 5.97 Å². The van der Waals surface area contributed by atoms with E-state index in [0.717, 1.165) is 6.07 Å². The summed E-state index contributed by atoms with van der Waals surface area (Å²) in [7, 11) is 1.35. The minimum Gasteiger partial charge on any atom is -0.494 e. The van der Waals surface area contributed by atoms with E-state index in [0.29, 0.717) is 5.56 Å². The van der Waals surface area contributed by atoms with Crippen LogP contribution in [-0.4, -0.2) is 23.3 Å². The maximum absolute atomic E-state index is 13.4. The fraction of sp³-hybridized carbons (Fsp3) is 0.462. The molecule has 0 fully saturated rings. The number of hydrogen-bond donors (Lipinski definition) is 2. The fourth-order valence-corrected chi connectivity index (χ4v) is 1.58. The van der Waals surface area contributed by atoms with Gasteiger partial charge in [-0.3, -0.25) is 4.79 Å². The number of methoxy groups -OCH3 is 1. The Bertz CT molecular complexity index is 443. The van der Waals surface area contributed by atoms with Crippen LogP contribution in [0.4, 0.5) is 4.39 Å². The number of carboxylic acid groups (broad SMARTS) is 1. The molecule has 1 rings (SSSR count). The quantitative estimate of drug-likeness (QED) is 0.848. The molecule has 1 aromatic carbocycles. The smallest absolute Gasteiger partial charge is 0.309 e. The third-order valence-electron chi connectivity index (χ3n) is 2.84. The average molecular weight is 256 g/mol. The molecule has 5 heteroatoms. The van der Waals surface area contributed by atoms with Gasteiger partial charge in [-0.25, -0.2) is 4.39 Å². The van der Waals surface area contributed by atoms with Gasteiger partial charge in [0.05, 0.1) is 18.6 Å². The lowest BCUT2D eigenvalue weighted by molar-refractivity contribution is -0.148. The molecule has 18 heavy (non-hydrogen) atoms. The Hall–Kier alpha value is -1.62. The van der Waals surface area contributed by atoms with Gasteiger partial charge in [-0.05, 0) is 38.0 Å². The van der Waals surface area contributed by atoms with Gasteiger partial charge in [-0.15, -0.1) is 0 Å². The normalized spacial score (nSPS) is 13.2. The van der Waals surface area contributed by atoms with Gasteiger partial charge in [0.15, 0.2) is 11.6 Å². The molecule has 1 aromatic rings. The van der Waals surface area contributed by atoms with Gasteiger partial charge in [0, 0.05) is 0 Å². The number of aliphatic carboxylic acids is 1. The summed E-state index contributed by atoms with van der Waals surface area (Å²) in [6.45, 7) is 3.02. The van der Waals surface area contributed by atoms with Crippen LogP contribution in [0.1, 0.15) is 31.9 Å². The molecule has 0 aliphatic rings. The second-order valence-electron chi connectivity index (χ2n) is 4.80. The third kappa shape index (κ3) is 3.20. The van der Waals surface area contributed by atoms with Gasteiger partial charge in [-0.2, -0.15) is 0 Å². The van der Waals surface area contributed by atoms with Crippen LogP contribution in [0.5, 0.6) is 5.75 Å². The van der Waals surface area contributed by atoms with Crippen molar-refractivity contribution in [1.82, 2.24) is 0 Å². The molecule has 1 atom stereocenters. The molecule has 0 saturated carbocycles. The maximum atomic E-state index is 13.4. The van der Waals surface area contributed by atoms with E-state index >= 15 is 0 Å². The van der Waals surface area contributed by atoms with Crippen LogP contribution in [0.2, 0.25) is 0 Å². The maximum Gasteiger partial charge on any atom is 0.309 e. The number of halogens is 1. The number of benzene rings is 1. The summed E-state index contributed by atoms with van der Waals surface area (Å²) in [6.07, 6.45) is -1.02.